The Morgan fingerprint density at radius 2 is 1.72 bits per heavy atom. The van der Waals surface area contributed by atoms with Gasteiger partial charge in [0.25, 0.3) is 0 Å². The maximum atomic E-state index is 6.87. The third kappa shape index (κ3) is 2.72. The van der Waals surface area contributed by atoms with Crippen LogP contribution in [0.3, 0.4) is 0 Å². The number of hydrogen-bond acceptors (Lipinski definition) is 2. The second-order valence-electron chi connectivity index (χ2n) is 14.4. The van der Waals surface area contributed by atoms with Crippen LogP contribution in [0.15, 0.2) is 0 Å². The summed E-state index contributed by atoms with van der Waals surface area (Å²) in [7, 11) is 0. The lowest BCUT2D eigenvalue weighted by molar-refractivity contribution is -0.299. The van der Waals surface area contributed by atoms with Crippen molar-refractivity contribution >= 4 is 0 Å². The summed E-state index contributed by atoms with van der Waals surface area (Å²) >= 11 is 0. The summed E-state index contributed by atoms with van der Waals surface area (Å²) in [5.74, 6) is 5.93. The Bertz CT molecular complexity index is 747. The van der Waals surface area contributed by atoms with E-state index in [0.29, 0.717) is 16.2 Å². The monoisotopic (exact) mass is 442 g/mol. The minimum atomic E-state index is -0.247. The van der Waals surface area contributed by atoms with Gasteiger partial charge < -0.3 is 9.47 Å². The summed E-state index contributed by atoms with van der Waals surface area (Å²) in [5, 5.41) is 0. The fourth-order valence-electron chi connectivity index (χ4n) is 11.4. The van der Waals surface area contributed by atoms with Crippen molar-refractivity contribution in [3.8, 4) is 0 Å². The highest BCUT2D eigenvalue weighted by Gasteiger charge is 2.84. The van der Waals surface area contributed by atoms with E-state index in [1.807, 2.05) is 0 Å². The van der Waals surface area contributed by atoms with Gasteiger partial charge in [-0.1, -0.05) is 53.9 Å². The third-order valence-corrected chi connectivity index (χ3v) is 12.7. The number of fused-ring (bicyclic) bond motifs is 4. The van der Waals surface area contributed by atoms with Gasteiger partial charge >= 0.3 is 0 Å². The molecule has 0 bridgehead atoms. The molecule has 0 N–H and O–H groups in total. The average Bonchev–Trinajstić information content (AvgIpc) is 3.02. The Kier molecular flexibility index (Phi) is 5.05. The largest absolute Gasteiger partial charge is 0.347 e. The molecule has 0 aromatic carbocycles. The lowest BCUT2D eigenvalue weighted by atomic mass is 9.44. The molecule has 32 heavy (non-hydrogen) atoms. The fraction of sp³-hybridized carbons (Fsp3) is 1.00. The molecule has 2 heteroatoms. The van der Waals surface area contributed by atoms with Gasteiger partial charge in [-0.2, -0.15) is 0 Å². The summed E-state index contributed by atoms with van der Waals surface area (Å²) in [4.78, 5) is 0. The van der Waals surface area contributed by atoms with E-state index < -0.39 is 0 Å². The molecule has 0 amide bonds. The van der Waals surface area contributed by atoms with Gasteiger partial charge in [-0.3, -0.25) is 0 Å². The molecule has 6 fully saturated rings. The number of rotatable bonds is 5. The maximum absolute atomic E-state index is 6.87. The molecule has 6 rings (SSSR count). The number of ether oxygens (including phenoxy) is 2. The van der Waals surface area contributed by atoms with Crippen LogP contribution in [0.25, 0.3) is 0 Å². The van der Waals surface area contributed by atoms with Crippen LogP contribution in [0.4, 0.5) is 0 Å². The predicted molar refractivity (Wildman–Crippen MR) is 130 cm³/mol. The molecule has 182 valence electrons. The van der Waals surface area contributed by atoms with Crippen molar-refractivity contribution in [2.45, 2.75) is 124 Å². The van der Waals surface area contributed by atoms with E-state index in [9.17, 15) is 0 Å². The molecule has 2 nitrogen and oxygen atoms in total. The highest BCUT2D eigenvalue weighted by atomic mass is 16.7. The number of hydrogen-bond donors (Lipinski definition) is 0. The molecule has 5 saturated carbocycles. The summed E-state index contributed by atoms with van der Waals surface area (Å²) in [6.45, 7) is 15.8. The second kappa shape index (κ2) is 7.22. The first kappa shape index (κ1) is 22.4. The van der Waals surface area contributed by atoms with E-state index in [1.165, 1.54) is 70.6 Å². The summed E-state index contributed by atoms with van der Waals surface area (Å²) in [5.41, 5.74) is 1.35. The van der Waals surface area contributed by atoms with Crippen LogP contribution in [-0.4, -0.2) is 18.5 Å². The zero-order valence-electron chi connectivity index (χ0n) is 21.9. The van der Waals surface area contributed by atoms with E-state index in [1.54, 1.807) is 0 Å². The Hall–Kier alpha value is -0.0800. The minimum Gasteiger partial charge on any atom is -0.347 e. The van der Waals surface area contributed by atoms with Gasteiger partial charge in [0.15, 0.2) is 5.79 Å². The van der Waals surface area contributed by atoms with Crippen LogP contribution in [0.2, 0.25) is 0 Å². The molecule has 1 aliphatic heterocycles. The minimum absolute atomic E-state index is 0.247. The van der Waals surface area contributed by atoms with E-state index in [0.717, 1.165) is 48.0 Å². The molecule has 0 radical (unpaired) electrons. The Labute approximate surface area is 198 Å². The summed E-state index contributed by atoms with van der Waals surface area (Å²) in [6.07, 6.45) is 15.9. The molecule has 0 aromatic heterocycles. The zero-order valence-corrected chi connectivity index (χ0v) is 21.9. The van der Waals surface area contributed by atoms with Crippen molar-refractivity contribution in [2.24, 2.45) is 57.7 Å². The Morgan fingerprint density at radius 1 is 0.906 bits per heavy atom. The van der Waals surface area contributed by atoms with E-state index >= 15 is 0 Å². The van der Waals surface area contributed by atoms with Crippen molar-refractivity contribution in [1.29, 1.82) is 0 Å². The summed E-state index contributed by atoms with van der Waals surface area (Å²) < 4.78 is 13.6. The van der Waals surface area contributed by atoms with E-state index in [-0.39, 0.29) is 11.9 Å². The van der Waals surface area contributed by atoms with Crippen molar-refractivity contribution in [3.05, 3.63) is 0 Å². The van der Waals surface area contributed by atoms with Gasteiger partial charge in [-0.05, 0) is 104 Å². The molecule has 5 aliphatic carbocycles. The molecule has 1 heterocycles. The standard InChI is InChI=1S/C30H50O2/c1-19(2)8-7-9-20(3)24-10-11-25-23-17-30(31-18-21(4)32-30)29-16-22(29)12-15-28(29,6)26(23)13-14-27(24,25)5/h19-26H,7-18H2,1-6H3/t20-,21?,22-,23+,24-,25+,26+,27-,28-,29-,30?/m1/s1. The highest BCUT2D eigenvalue weighted by Crippen LogP contribution is 2.85. The van der Waals surface area contributed by atoms with Crippen molar-refractivity contribution < 1.29 is 9.47 Å². The van der Waals surface area contributed by atoms with Crippen LogP contribution >= 0.6 is 0 Å². The molecular formula is C30H50O2. The smallest absolute Gasteiger partial charge is 0.175 e. The normalized spacial score (nSPS) is 56.7. The molecule has 2 unspecified atom stereocenters. The Balaban J connectivity index is 1.28. The van der Waals surface area contributed by atoms with Gasteiger partial charge in [0.2, 0.25) is 0 Å². The second-order valence-corrected chi connectivity index (χ2v) is 14.4. The van der Waals surface area contributed by atoms with Crippen LogP contribution < -0.4 is 0 Å². The van der Waals surface area contributed by atoms with Crippen LogP contribution in [0, 0.1) is 57.7 Å². The molecule has 0 aromatic rings. The van der Waals surface area contributed by atoms with Crippen molar-refractivity contribution in [1.82, 2.24) is 0 Å². The lowest BCUT2D eigenvalue weighted by Gasteiger charge is -2.63. The first-order valence-corrected chi connectivity index (χ1v) is 14.5. The van der Waals surface area contributed by atoms with Crippen LogP contribution in [0.5, 0.6) is 0 Å². The van der Waals surface area contributed by atoms with Crippen LogP contribution in [-0.2, 0) is 9.47 Å². The van der Waals surface area contributed by atoms with Crippen molar-refractivity contribution in [3.63, 3.8) is 0 Å². The SMILES string of the molecule is CC(C)CCC[C@@H](C)[C@H]1CC[C@H]2[C@@H]3CC4(OCC(C)O4)[C@]45C[C@H]4CC[C@]5(C)[C@H]3CC[C@]12C. The highest BCUT2D eigenvalue weighted by molar-refractivity contribution is 5.29. The van der Waals surface area contributed by atoms with Gasteiger partial charge in [-0.15, -0.1) is 0 Å². The average molecular weight is 443 g/mol. The van der Waals surface area contributed by atoms with Gasteiger partial charge in [0.1, 0.15) is 0 Å². The van der Waals surface area contributed by atoms with E-state index in [2.05, 4.69) is 41.5 Å². The predicted octanol–water partition coefficient (Wildman–Crippen LogP) is 7.85. The zero-order chi connectivity index (χ0) is 22.5. The van der Waals surface area contributed by atoms with Gasteiger partial charge in [0, 0.05) is 11.8 Å². The van der Waals surface area contributed by atoms with Crippen molar-refractivity contribution in [2.75, 3.05) is 6.61 Å². The first-order valence-electron chi connectivity index (χ1n) is 14.5. The van der Waals surface area contributed by atoms with Gasteiger partial charge in [-0.25, -0.2) is 0 Å². The van der Waals surface area contributed by atoms with Gasteiger partial charge in [0.05, 0.1) is 12.7 Å². The molecular weight excluding hydrogens is 392 g/mol. The maximum Gasteiger partial charge on any atom is 0.175 e. The topological polar surface area (TPSA) is 18.5 Å². The fourth-order valence-corrected chi connectivity index (χ4v) is 11.4. The van der Waals surface area contributed by atoms with E-state index in [4.69, 9.17) is 9.47 Å². The molecule has 6 aliphatic rings. The van der Waals surface area contributed by atoms with Crippen LogP contribution in [0.1, 0.15) is 112 Å². The molecule has 2 spiro atoms. The molecule has 1 saturated heterocycles. The molecule has 11 atom stereocenters. The quantitative estimate of drug-likeness (QED) is 0.431. The summed E-state index contributed by atoms with van der Waals surface area (Å²) in [6, 6.07) is 0. The Morgan fingerprint density at radius 3 is 2.41 bits per heavy atom. The lowest BCUT2D eigenvalue weighted by Crippen LogP contribution is -2.62. The first-order chi connectivity index (χ1) is 15.2. The third-order valence-electron chi connectivity index (χ3n) is 12.7.